The molecule has 0 fully saturated rings. The second-order valence-electron chi connectivity index (χ2n) is 4.22. The number of aryl methyl sites for hydroxylation is 2. The summed E-state index contributed by atoms with van der Waals surface area (Å²) >= 11 is 0. The normalized spacial score (nSPS) is 18.2. The Labute approximate surface area is 98.8 Å². The van der Waals surface area contributed by atoms with Crippen molar-refractivity contribution in [2.45, 2.75) is 19.8 Å². The van der Waals surface area contributed by atoms with Crippen molar-refractivity contribution in [3.63, 3.8) is 0 Å². The molecule has 0 bridgehead atoms. The number of hydrogen-bond donors (Lipinski definition) is 1. The average molecular weight is 255 g/mol. The molecule has 0 aliphatic carbocycles. The molecule has 17 heavy (non-hydrogen) atoms. The van der Waals surface area contributed by atoms with Crippen LogP contribution in [0.25, 0.3) is 0 Å². The van der Waals surface area contributed by atoms with Crippen LogP contribution < -0.4 is 5.56 Å². The number of fused-ring (bicyclic) bond motifs is 1. The number of H-pyrrole nitrogens is 1. The maximum atomic E-state index is 11.6. The number of rotatable bonds is 1. The first-order valence-corrected chi connectivity index (χ1v) is 7.17. The van der Waals surface area contributed by atoms with Gasteiger partial charge in [-0.3, -0.25) is 9.59 Å². The van der Waals surface area contributed by atoms with E-state index in [0.717, 1.165) is 5.56 Å². The smallest absolute Gasteiger partial charge is 0.259 e. The summed E-state index contributed by atoms with van der Waals surface area (Å²) in [6.45, 7) is 1.32. The standard InChI is InChI=1S/C11H13NO4S/c1-7(13)9-6-8-2-4-17(15,16)5-3-10(8)12-11(9)14/h6H,2-5H2,1H3,(H,12,14). The van der Waals surface area contributed by atoms with Gasteiger partial charge in [-0.05, 0) is 25.0 Å². The van der Waals surface area contributed by atoms with Gasteiger partial charge < -0.3 is 4.98 Å². The van der Waals surface area contributed by atoms with Crippen LogP contribution in [0.15, 0.2) is 10.9 Å². The Bertz CT molecular complexity index is 627. The van der Waals surface area contributed by atoms with Crippen molar-refractivity contribution in [2.24, 2.45) is 0 Å². The number of hydrogen-bond acceptors (Lipinski definition) is 4. The molecule has 1 aliphatic rings. The molecule has 0 spiro atoms. The van der Waals surface area contributed by atoms with Crippen molar-refractivity contribution in [3.8, 4) is 0 Å². The number of aromatic nitrogens is 1. The molecule has 1 aromatic rings. The van der Waals surface area contributed by atoms with Crippen molar-refractivity contribution < 1.29 is 13.2 Å². The fourth-order valence-electron chi connectivity index (χ4n) is 1.94. The van der Waals surface area contributed by atoms with Crippen LogP contribution in [0.3, 0.4) is 0 Å². The Kier molecular flexibility index (Phi) is 2.91. The molecular formula is C11H13NO4S. The SMILES string of the molecule is CC(=O)c1cc2c([nH]c1=O)CCS(=O)(=O)CC2. The minimum Gasteiger partial charge on any atom is -0.325 e. The Hall–Kier alpha value is -1.43. The molecule has 92 valence electrons. The molecule has 0 saturated carbocycles. The molecule has 2 rings (SSSR count). The Balaban J connectivity index is 2.52. The summed E-state index contributed by atoms with van der Waals surface area (Å²) in [5.41, 5.74) is 1.07. The fourth-order valence-corrected chi connectivity index (χ4v) is 3.19. The van der Waals surface area contributed by atoms with E-state index in [2.05, 4.69) is 4.98 Å². The van der Waals surface area contributed by atoms with E-state index in [9.17, 15) is 18.0 Å². The van der Waals surface area contributed by atoms with Crippen LogP contribution in [0, 0.1) is 0 Å². The Morgan fingerprint density at radius 1 is 1.29 bits per heavy atom. The molecule has 1 aliphatic heterocycles. The van der Waals surface area contributed by atoms with Gasteiger partial charge in [0.15, 0.2) is 15.6 Å². The van der Waals surface area contributed by atoms with Crippen molar-refractivity contribution in [2.75, 3.05) is 11.5 Å². The number of carbonyl (C=O) groups excluding carboxylic acids is 1. The first-order chi connectivity index (χ1) is 7.89. The second kappa shape index (κ2) is 4.10. The lowest BCUT2D eigenvalue weighted by molar-refractivity contribution is 0.101. The van der Waals surface area contributed by atoms with Gasteiger partial charge in [0.2, 0.25) is 0 Å². The highest BCUT2D eigenvalue weighted by Gasteiger charge is 2.20. The maximum Gasteiger partial charge on any atom is 0.259 e. The van der Waals surface area contributed by atoms with E-state index in [1.807, 2.05) is 0 Å². The van der Waals surface area contributed by atoms with Crippen LogP contribution in [0.1, 0.15) is 28.5 Å². The second-order valence-corrected chi connectivity index (χ2v) is 6.53. The highest BCUT2D eigenvalue weighted by atomic mass is 32.2. The van der Waals surface area contributed by atoms with Crippen LogP contribution in [0.4, 0.5) is 0 Å². The third kappa shape index (κ3) is 2.46. The first-order valence-electron chi connectivity index (χ1n) is 5.35. The molecule has 0 amide bonds. The zero-order valence-electron chi connectivity index (χ0n) is 9.45. The number of sulfone groups is 1. The molecule has 5 nitrogen and oxygen atoms in total. The molecule has 2 heterocycles. The summed E-state index contributed by atoms with van der Waals surface area (Å²) < 4.78 is 23.0. The fraction of sp³-hybridized carbons (Fsp3) is 0.455. The van der Waals surface area contributed by atoms with Crippen molar-refractivity contribution in [1.82, 2.24) is 4.98 Å². The van der Waals surface area contributed by atoms with Gasteiger partial charge in [0.1, 0.15) is 0 Å². The van der Waals surface area contributed by atoms with E-state index in [4.69, 9.17) is 0 Å². The predicted octanol–water partition coefficient (Wildman–Crippen LogP) is 0.0909. The molecule has 0 unspecified atom stereocenters. The molecule has 0 aromatic carbocycles. The molecule has 1 N–H and O–H groups in total. The van der Waals surface area contributed by atoms with E-state index in [-0.39, 0.29) is 22.9 Å². The van der Waals surface area contributed by atoms with Gasteiger partial charge in [-0.15, -0.1) is 0 Å². The molecule has 0 atom stereocenters. The summed E-state index contributed by atoms with van der Waals surface area (Å²) in [6, 6.07) is 1.53. The van der Waals surface area contributed by atoms with E-state index in [0.29, 0.717) is 18.5 Å². The summed E-state index contributed by atoms with van der Waals surface area (Å²) in [5, 5.41) is 0. The van der Waals surface area contributed by atoms with E-state index in [1.54, 1.807) is 0 Å². The first kappa shape index (κ1) is 12.0. The van der Waals surface area contributed by atoms with E-state index < -0.39 is 15.4 Å². The van der Waals surface area contributed by atoms with Gasteiger partial charge in [0.05, 0.1) is 17.1 Å². The summed E-state index contributed by atoms with van der Waals surface area (Å²) in [7, 11) is -3.04. The van der Waals surface area contributed by atoms with Crippen LogP contribution >= 0.6 is 0 Å². The van der Waals surface area contributed by atoms with Gasteiger partial charge in [-0.25, -0.2) is 8.42 Å². The average Bonchev–Trinajstić information content (AvgIpc) is 2.37. The number of nitrogens with one attached hydrogen (secondary N) is 1. The predicted molar refractivity (Wildman–Crippen MR) is 63.1 cm³/mol. The molecule has 6 heteroatoms. The van der Waals surface area contributed by atoms with Crippen molar-refractivity contribution >= 4 is 15.6 Å². The molecule has 1 aromatic heterocycles. The van der Waals surface area contributed by atoms with Gasteiger partial charge >= 0.3 is 0 Å². The summed E-state index contributed by atoms with van der Waals surface area (Å²) in [6.07, 6.45) is 0.666. The maximum absolute atomic E-state index is 11.6. The third-order valence-electron chi connectivity index (χ3n) is 2.94. The Morgan fingerprint density at radius 2 is 1.94 bits per heavy atom. The number of carbonyl (C=O) groups is 1. The molecular weight excluding hydrogens is 242 g/mol. The van der Waals surface area contributed by atoms with E-state index in [1.165, 1.54) is 13.0 Å². The van der Waals surface area contributed by atoms with Crippen LogP contribution in [-0.2, 0) is 22.7 Å². The van der Waals surface area contributed by atoms with Crippen LogP contribution in [0.5, 0.6) is 0 Å². The lowest BCUT2D eigenvalue weighted by Crippen LogP contribution is -2.19. The van der Waals surface area contributed by atoms with Gasteiger partial charge in [0.25, 0.3) is 5.56 Å². The monoisotopic (exact) mass is 255 g/mol. The van der Waals surface area contributed by atoms with Crippen molar-refractivity contribution in [1.29, 1.82) is 0 Å². The zero-order chi connectivity index (χ0) is 12.6. The van der Waals surface area contributed by atoms with E-state index >= 15 is 0 Å². The largest absolute Gasteiger partial charge is 0.325 e. The molecule has 0 saturated heterocycles. The Morgan fingerprint density at radius 3 is 2.59 bits per heavy atom. The lowest BCUT2D eigenvalue weighted by atomic mass is 10.0. The van der Waals surface area contributed by atoms with Gasteiger partial charge in [0, 0.05) is 12.1 Å². The number of aromatic amines is 1. The van der Waals surface area contributed by atoms with Crippen LogP contribution in [-0.4, -0.2) is 30.7 Å². The minimum absolute atomic E-state index is 0.0510. The van der Waals surface area contributed by atoms with Crippen molar-refractivity contribution in [3.05, 3.63) is 33.2 Å². The minimum atomic E-state index is -3.04. The number of pyridine rings is 1. The van der Waals surface area contributed by atoms with Gasteiger partial charge in [-0.1, -0.05) is 0 Å². The molecule has 0 radical (unpaired) electrons. The topological polar surface area (TPSA) is 84.1 Å². The quantitative estimate of drug-likeness (QED) is 0.721. The summed E-state index contributed by atoms with van der Waals surface area (Å²) in [4.78, 5) is 25.4. The highest BCUT2D eigenvalue weighted by molar-refractivity contribution is 7.91. The number of ketones is 1. The highest BCUT2D eigenvalue weighted by Crippen LogP contribution is 2.15. The van der Waals surface area contributed by atoms with Gasteiger partial charge in [-0.2, -0.15) is 0 Å². The number of Topliss-reactive ketones (excluding diaryl/α,β-unsaturated/α-hetero) is 1. The third-order valence-corrected chi connectivity index (χ3v) is 4.59. The summed E-state index contributed by atoms with van der Waals surface area (Å²) in [5.74, 6) is -0.181. The van der Waals surface area contributed by atoms with Crippen LogP contribution in [0.2, 0.25) is 0 Å². The lowest BCUT2D eigenvalue weighted by Gasteiger charge is -2.05. The zero-order valence-corrected chi connectivity index (χ0v) is 10.3.